The van der Waals surface area contributed by atoms with E-state index in [2.05, 4.69) is 10.1 Å². The molecule has 3 aromatic rings. The van der Waals surface area contributed by atoms with Gasteiger partial charge >= 0.3 is 0 Å². The van der Waals surface area contributed by atoms with Gasteiger partial charge in [0.1, 0.15) is 18.3 Å². The van der Waals surface area contributed by atoms with Crippen LogP contribution in [0.2, 0.25) is 0 Å². The molecular weight excluding hydrogens is 318 g/mol. The van der Waals surface area contributed by atoms with E-state index in [0.29, 0.717) is 11.0 Å². The Hall–Kier alpha value is -2.96. The summed E-state index contributed by atoms with van der Waals surface area (Å²) in [5.41, 5.74) is 2.19. The molecule has 128 valence electrons. The molecule has 0 bridgehead atoms. The summed E-state index contributed by atoms with van der Waals surface area (Å²) in [4.78, 5) is 31.2. The predicted molar refractivity (Wildman–Crippen MR) is 93.7 cm³/mol. The quantitative estimate of drug-likeness (QED) is 0.726. The zero-order chi connectivity index (χ0) is 17.4. The fourth-order valence-electron chi connectivity index (χ4n) is 3.25. The molecule has 0 atom stereocenters. The molecule has 1 fully saturated rings. The molecular formula is C18H19N5O2. The summed E-state index contributed by atoms with van der Waals surface area (Å²) in [6, 6.07) is 7.80. The van der Waals surface area contributed by atoms with Crippen molar-refractivity contribution >= 4 is 16.9 Å². The van der Waals surface area contributed by atoms with Crippen molar-refractivity contribution in [3.8, 4) is 5.69 Å². The number of para-hydroxylation sites is 1. The highest BCUT2D eigenvalue weighted by molar-refractivity contribution is 5.78. The molecule has 1 aliphatic heterocycles. The molecule has 1 aromatic carbocycles. The third-order valence-electron chi connectivity index (χ3n) is 4.66. The van der Waals surface area contributed by atoms with E-state index in [-0.39, 0.29) is 18.0 Å². The van der Waals surface area contributed by atoms with E-state index in [4.69, 9.17) is 0 Å². The zero-order valence-electron chi connectivity index (χ0n) is 14.1. The van der Waals surface area contributed by atoms with Gasteiger partial charge in [-0.15, -0.1) is 0 Å². The number of carbonyl (C=O) groups excluding carboxylic acids is 1. The van der Waals surface area contributed by atoms with Gasteiger partial charge in [-0.3, -0.25) is 14.2 Å². The summed E-state index contributed by atoms with van der Waals surface area (Å²) < 4.78 is 3.03. The number of hydrogen-bond acceptors (Lipinski definition) is 4. The second-order valence-electron chi connectivity index (χ2n) is 6.35. The number of hydrogen-bond donors (Lipinski definition) is 0. The molecule has 7 heteroatoms. The molecule has 0 N–H and O–H groups in total. The van der Waals surface area contributed by atoms with Gasteiger partial charge in [0.15, 0.2) is 5.65 Å². The first kappa shape index (κ1) is 15.6. The fraction of sp³-hybridized carbons (Fsp3) is 0.333. The maximum absolute atomic E-state index is 12.7. The highest BCUT2D eigenvalue weighted by atomic mass is 16.2. The van der Waals surface area contributed by atoms with Crippen molar-refractivity contribution in [2.45, 2.75) is 26.3 Å². The minimum atomic E-state index is -0.239. The van der Waals surface area contributed by atoms with Crippen LogP contribution in [0, 0.1) is 6.92 Å². The van der Waals surface area contributed by atoms with Gasteiger partial charge in [-0.05, 0) is 31.4 Å². The Labute approximate surface area is 144 Å². The van der Waals surface area contributed by atoms with Crippen LogP contribution in [0.15, 0.2) is 41.6 Å². The lowest BCUT2D eigenvalue weighted by molar-refractivity contribution is -0.130. The third kappa shape index (κ3) is 2.71. The van der Waals surface area contributed by atoms with Crippen LogP contribution in [0.1, 0.15) is 18.4 Å². The molecule has 0 spiro atoms. The lowest BCUT2D eigenvalue weighted by Gasteiger charge is -2.15. The Morgan fingerprint density at radius 3 is 2.72 bits per heavy atom. The zero-order valence-corrected chi connectivity index (χ0v) is 14.1. The maximum Gasteiger partial charge on any atom is 0.264 e. The van der Waals surface area contributed by atoms with Crippen molar-refractivity contribution < 1.29 is 4.79 Å². The van der Waals surface area contributed by atoms with Gasteiger partial charge in [0.05, 0.1) is 11.9 Å². The largest absolute Gasteiger partial charge is 0.341 e. The standard InChI is InChI=1S/C18H19N5O2/c1-13-6-2-3-7-15(13)23-17-14(10-20-23)18(25)22(12-19-17)11-16(24)21-8-4-5-9-21/h2-3,6-7,10,12H,4-5,8-9,11H2,1H3. The summed E-state index contributed by atoms with van der Waals surface area (Å²) in [7, 11) is 0. The molecule has 0 unspecified atom stereocenters. The number of benzene rings is 1. The van der Waals surface area contributed by atoms with Crippen molar-refractivity contribution in [1.29, 1.82) is 0 Å². The van der Waals surface area contributed by atoms with Crippen molar-refractivity contribution in [1.82, 2.24) is 24.2 Å². The van der Waals surface area contributed by atoms with Crippen molar-refractivity contribution in [2.75, 3.05) is 13.1 Å². The van der Waals surface area contributed by atoms with Crippen LogP contribution in [-0.2, 0) is 11.3 Å². The average Bonchev–Trinajstić information content (AvgIpc) is 3.28. The highest BCUT2D eigenvalue weighted by Gasteiger charge is 2.19. The first-order valence-corrected chi connectivity index (χ1v) is 8.42. The number of likely N-dealkylation sites (tertiary alicyclic amines) is 1. The van der Waals surface area contributed by atoms with E-state index < -0.39 is 0 Å². The number of fused-ring (bicyclic) bond motifs is 1. The summed E-state index contributed by atoms with van der Waals surface area (Å²) in [6.07, 6.45) is 5.02. The van der Waals surface area contributed by atoms with Gasteiger partial charge in [-0.1, -0.05) is 18.2 Å². The first-order valence-electron chi connectivity index (χ1n) is 8.42. The number of aromatic nitrogens is 4. The number of rotatable bonds is 3. The van der Waals surface area contributed by atoms with Crippen LogP contribution in [0.4, 0.5) is 0 Å². The SMILES string of the molecule is Cc1ccccc1-n1ncc2c(=O)n(CC(=O)N3CCCC3)cnc21. The van der Waals surface area contributed by atoms with Crippen LogP contribution in [0.5, 0.6) is 0 Å². The smallest absolute Gasteiger partial charge is 0.264 e. The number of amides is 1. The van der Waals surface area contributed by atoms with Crippen molar-refractivity contribution in [2.24, 2.45) is 0 Å². The summed E-state index contributed by atoms with van der Waals surface area (Å²) in [5, 5.41) is 4.75. The van der Waals surface area contributed by atoms with Gasteiger partial charge in [0, 0.05) is 13.1 Å². The van der Waals surface area contributed by atoms with Crippen LogP contribution in [-0.4, -0.2) is 43.2 Å². The van der Waals surface area contributed by atoms with Crippen LogP contribution >= 0.6 is 0 Å². The summed E-state index contributed by atoms with van der Waals surface area (Å²) in [6.45, 7) is 3.55. The Bertz CT molecular complexity index is 998. The second-order valence-corrected chi connectivity index (χ2v) is 6.35. The molecule has 0 aliphatic carbocycles. The molecule has 1 saturated heterocycles. The lowest BCUT2D eigenvalue weighted by atomic mass is 10.2. The number of aryl methyl sites for hydroxylation is 1. The monoisotopic (exact) mass is 337 g/mol. The molecule has 3 heterocycles. The van der Waals surface area contributed by atoms with E-state index in [0.717, 1.165) is 37.2 Å². The van der Waals surface area contributed by atoms with E-state index in [1.807, 2.05) is 31.2 Å². The molecule has 0 saturated carbocycles. The van der Waals surface area contributed by atoms with Crippen LogP contribution in [0.25, 0.3) is 16.7 Å². The fourth-order valence-corrected chi connectivity index (χ4v) is 3.25. The summed E-state index contributed by atoms with van der Waals surface area (Å²) >= 11 is 0. The van der Waals surface area contributed by atoms with Crippen molar-refractivity contribution in [3.05, 3.63) is 52.7 Å². The Balaban J connectivity index is 1.71. The molecule has 7 nitrogen and oxygen atoms in total. The topological polar surface area (TPSA) is 73.0 Å². The van der Waals surface area contributed by atoms with E-state index in [1.54, 1.807) is 9.58 Å². The minimum absolute atomic E-state index is 0.0251. The van der Waals surface area contributed by atoms with Gasteiger partial charge < -0.3 is 4.90 Å². The van der Waals surface area contributed by atoms with Gasteiger partial charge in [0.2, 0.25) is 5.91 Å². The van der Waals surface area contributed by atoms with Gasteiger partial charge in [0.25, 0.3) is 5.56 Å². The Kier molecular flexibility index (Phi) is 3.83. The summed E-state index contributed by atoms with van der Waals surface area (Å²) in [5.74, 6) is -0.0351. The van der Waals surface area contributed by atoms with E-state index in [1.165, 1.54) is 17.1 Å². The molecule has 1 aliphatic rings. The lowest BCUT2D eigenvalue weighted by Crippen LogP contribution is -2.34. The Morgan fingerprint density at radius 1 is 1.20 bits per heavy atom. The number of carbonyl (C=O) groups is 1. The number of nitrogens with zero attached hydrogens (tertiary/aromatic N) is 5. The average molecular weight is 337 g/mol. The van der Waals surface area contributed by atoms with Crippen LogP contribution < -0.4 is 5.56 Å². The maximum atomic E-state index is 12.7. The van der Waals surface area contributed by atoms with Crippen molar-refractivity contribution in [3.63, 3.8) is 0 Å². The molecule has 25 heavy (non-hydrogen) atoms. The van der Waals surface area contributed by atoms with Gasteiger partial charge in [-0.2, -0.15) is 5.10 Å². The molecule has 1 amide bonds. The van der Waals surface area contributed by atoms with E-state index >= 15 is 0 Å². The van der Waals surface area contributed by atoms with E-state index in [9.17, 15) is 9.59 Å². The highest BCUT2D eigenvalue weighted by Crippen LogP contribution is 2.17. The third-order valence-corrected chi connectivity index (χ3v) is 4.66. The molecule has 2 aromatic heterocycles. The first-order chi connectivity index (χ1) is 12.1. The Morgan fingerprint density at radius 2 is 1.96 bits per heavy atom. The second kappa shape index (κ2) is 6.16. The molecule has 4 rings (SSSR count). The minimum Gasteiger partial charge on any atom is -0.341 e. The predicted octanol–water partition coefficient (Wildman–Crippen LogP) is 1.51. The van der Waals surface area contributed by atoms with Crippen LogP contribution in [0.3, 0.4) is 0 Å². The normalized spacial score (nSPS) is 14.4. The molecule has 0 radical (unpaired) electrons. The van der Waals surface area contributed by atoms with Gasteiger partial charge in [-0.25, -0.2) is 9.67 Å².